The molecule has 0 unspecified atom stereocenters. The summed E-state index contributed by atoms with van der Waals surface area (Å²) in [6.07, 6.45) is 5.73. The van der Waals surface area contributed by atoms with Gasteiger partial charge in [0.05, 0.1) is 17.5 Å². The van der Waals surface area contributed by atoms with Crippen molar-refractivity contribution in [2.24, 2.45) is 0 Å². The maximum Gasteiger partial charge on any atom is 0.243 e. The summed E-state index contributed by atoms with van der Waals surface area (Å²) in [6.45, 7) is 5.26. The lowest BCUT2D eigenvalue weighted by molar-refractivity contribution is 0.189. The smallest absolute Gasteiger partial charge is 0.243 e. The van der Waals surface area contributed by atoms with Crippen molar-refractivity contribution >= 4 is 26.7 Å². The van der Waals surface area contributed by atoms with Gasteiger partial charge in [-0.1, -0.05) is 25.0 Å². The van der Waals surface area contributed by atoms with Crippen LogP contribution in [-0.4, -0.2) is 80.5 Å². The average Bonchev–Trinajstić information content (AvgIpc) is 3.21. The third kappa shape index (κ3) is 5.48. The van der Waals surface area contributed by atoms with Crippen LogP contribution in [0.25, 0.3) is 10.9 Å². The van der Waals surface area contributed by atoms with Gasteiger partial charge in [-0.05, 0) is 49.2 Å². The Kier molecular flexibility index (Phi) is 7.69. The molecule has 36 heavy (non-hydrogen) atoms. The summed E-state index contributed by atoms with van der Waals surface area (Å²) in [7, 11) is -1.93. The first-order chi connectivity index (χ1) is 17.5. The summed E-state index contributed by atoms with van der Waals surface area (Å²) in [5.41, 5.74) is 0.997. The van der Waals surface area contributed by atoms with Crippen LogP contribution in [0.1, 0.15) is 31.5 Å². The molecule has 2 saturated heterocycles. The minimum Gasteiger partial charge on any atom is -0.497 e. The Morgan fingerprint density at radius 1 is 0.833 bits per heavy atom. The molecule has 2 aliphatic heterocycles. The van der Waals surface area contributed by atoms with Crippen molar-refractivity contribution in [2.75, 3.05) is 57.8 Å². The number of fused-ring (bicyclic) bond motifs is 1. The van der Waals surface area contributed by atoms with Crippen LogP contribution < -0.4 is 9.64 Å². The highest BCUT2D eigenvalue weighted by molar-refractivity contribution is 7.89. The van der Waals surface area contributed by atoms with E-state index in [4.69, 9.17) is 14.7 Å². The molecule has 0 spiro atoms. The minimum absolute atomic E-state index is 0.308. The van der Waals surface area contributed by atoms with Crippen LogP contribution in [0.5, 0.6) is 5.75 Å². The van der Waals surface area contributed by atoms with Crippen LogP contribution in [0.3, 0.4) is 0 Å². The summed E-state index contributed by atoms with van der Waals surface area (Å²) in [5, 5.41) is 1.13. The predicted octanol–water partition coefficient (Wildman–Crippen LogP) is 3.57. The SMILES string of the molecule is COc1ccc(S(=O)(=O)N2CCN(CCc3nc(N4CCCCCC4)c4ccccc4n3)CC2)cc1. The molecule has 0 saturated carbocycles. The number of hydrogen-bond acceptors (Lipinski definition) is 7. The zero-order chi connectivity index (χ0) is 25.0. The fourth-order valence-corrected chi connectivity index (χ4v) is 6.51. The van der Waals surface area contributed by atoms with Gasteiger partial charge >= 0.3 is 0 Å². The van der Waals surface area contributed by atoms with E-state index in [2.05, 4.69) is 28.0 Å². The molecule has 0 aliphatic carbocycles. The maximum absolute atomic E-state index is 13.1. The highest BCUT2D eigenvalue weighted by Crippen LogP contribution is 2.26. The first kappa shape index (κ1) is 24.9. The Hall–Kier alpha value is -2.75. The monoisotopic (exact) mass is 509 g/mol. The molecule has 0 atom stereocenters. The lowest BCUT2D eigenvalue weighted by atomic mass is 10.2. The van der Waals surface area contributed by atoms with Crippen molar-refractivity contribution < 1.29 is 13.2 Å². The quantitative estimate of drug-likeness (QED) is 0.482. The lowest BCUT2D eigenvalue weighted by Crippen LogP contribution is -2.49. The van der Waals surface area contributed by atoms with E-state index < -0.39 is 10.0 Å². The molecule has 3 heterocycles. The van der Waals surface area contributed by atoms with Crippen LogP contribution in [0.2, 0.25) is 0 Å². The number of sulfonamides is 1. The summed E-state index contributed by atoms with van der Waals surface area (Å²) in [4.78, 5) is 14.9. The van der Waals surface area contributed by atoms with Gasteiger partial charge in [-0.2, -0.15) is 4.31 Å². The van der Waals surface area contributed by atoms with Crippen molar-refractivity contribution in [3.05, 3.63) is 54.4 Å². The van der Waals surface area contributed by atoms with Crippen molar-refractivity contribution in [1.29, 1.82) is 0 Å². The Morgan fingerprint density at radius 2 is 1.53 bits per heavy atom. The number of methoxy groups -OCH3 is 1. The molecule has 1 aromatic heterocycles. The van der Waals surface area contributed by atoms with Gasteiger partial charge in [-0.15, -0.1) is 0 Å². The van der Waals surface area contributed by atoms with Gasteiger partial charge in [0.1, 0.15) is 17.4 Å². The highest BCUT2D eigenvalue weighted by atomic mass is 32.2. The Balaban J connectivity index is 1.23. The first-order valence-corrected chi connectivity index (χ1v) is 14.4. The molecule has 0 bridgehead atoms. The second-order valence-corrected chi connectivity index (χ2v) is 11.5. The van der Waals surface area contributed by atoms with Gasteiger partial charge in [0.2, 0.25) is 10.0 Å². The van der Waals surface area contributed by atoms with Gasteiger partial charge < -0.3 is 14.5 Å². The number of hydrogen-bond donors (Lipinski definition) is 0. The molecule has 2 aromatic carbocycles. The van der Waals surface area contributed by atoms with Gasteiger partial charge in [0, 0.05) is 57.6 Å². The summed E-state index contributed by atoms with van der Waals surface area (Å²) in [6, 6.07) is 14.9. The van der Waals surface area contributed by atoms with E-state index >= 15 is 0 Å². The predicted molar refractivity (Wildman–Crippen MR) is 142 cm³/mol. The second-order valence-electron chi connectivity index (χ2n) is 9.55. The summed E-state index contributed by atoms with van der Waals surface area (Å²) in [5.74, 6) is 2.57. The molecule has 3 aromatic rings. The minimum atomic E-state index is -3.50. The van der Waals surface area contributed by atoms with Crippen LogP contribution >= 0.6 is 0 Å². The van der Waals surface area contributed by atoms with Crippen LogP contribution in [-0.2, 0) is 16.4 Å². The van der Waals surface area contributed by atoms with E-state index in [0.717, 1.165) is 48.6 Å². The highest BCUT2D eigenvalue weighted by Gasteiger charge is 2.28. The van der Waals surface area contributed by atoms with E-state index in [0.29, 0.717) is 36.8 Å². The standard InChI is InChI=1S/C27H35N5O3S/c1-35-22-10-12-23(13-11-22)36(33,34)32-20-18-30(19-21-32)17-14-26-28-25-9-5-4-8-24(25)27(29-26)31-15-6-2-3-7-16-31/h4-5,8-13H,2-3,6-7,14-21H2,1H3. The molecule has 2 fully saturated rings. The molecule has 9 heteroatoms. The van der Waals surface area contributed by atoms with E-state index in [1.165, 1.54) is 25.7 Å². The first-order valence-electron chi connectivity index (χ1n) is 12.9. The second kappa shape index (κ2) is 11.1. The molecule has 8 nitrogen and oxygen atoms in total. The fourth-order valence-electron chi connectivity index (χ4n) is 5.09. The largest absolute Gasteiger partial charge is 0.497 e. The molecule has 192 valence electrons. The zero-order valence-corrected chi connectivity index (χ0v) is 21.8. The van der Waals surface area contributed by atoms with Crippen LogP contribution in [0.4, 0.5) is 5.82 Å². The van der Waals surface area contributed by atoms with E-state index in [1.54, 1.807) is 35.7 Å². The third-order valence-corrected chi connectivity index (χ3v) is 9.13. The third-order valence-electron chi connectivity index (χ3n) is 7.22. The van der Waals surface area contributed by atoms with Crippen molar-refractivity contribution in [3.8, 4) is 5.75 Å². The number of para-hydroxylation sites is 1. The molecular weight excluding hydrogens is 474 g/mol. The zero-order valence-electron chi connectivity index (χ0n) is 21.0. The number of rotatable bonds is 7. The molecule has 2 aliphatic rings. The topological polar surface area (TPSA) is 78.9 Å². The molecular formula is C27H35N5O3S. The number of aromatic nitrogens is 2. The number of benzene rings is 2. The van der Waals surface area contributed by atoms with Gasteiger partial charge in [0.25, 0.3) is 0 Å². The van der Waals surface area contributed by atoms with E-state index in [1.807, 2.05) is 6.07 Å². The Labute approximate surface area is 213 Å². The molecule has 0 amide bonds. The number of ether oxygens (including phenoxy) is 1. The van der Waals surface area contributed by atoms with Crippen LogP contribution in [0, 0.1) is 0 Å². The Bertz CT molecular complexity index is 1270. The molecule has 0 radical (unpaired) electrons. The normalized spacial score (nSPS) is 18.3. The Morgan fingerprint density at radius 3 is 2.22 bits per heavy atom. The number of anilines is 1. The lowest BCUT2D eigenvalue weighted by Gasteiger charge is -2.34. The van der Waals surface area contributed by atoms with E-state index in [9.17, 15) is 8.42 Å². The average molecular weight is 510 g/mol. The van der Waals surface area contributed by atoms with Gasteiger partial charge in [0.15, 0.2) is 0 Å². The van der Waals surface area contributed by atoms with Crippen LogP contribution in [0.15, 0.2) is 53.4 Å². The van der Waals surface area contributed by atoms with E-state index in [-0.39, 0.29) is 0 Å². The molecule has 5 rings (SSSR count). The van der Waals surface area contributed by atoms with Gasteiger partial charge in [-0.25, -0.2) is 18.4 Å². The van der Waals surface area contributed by atoms with Gasteiger partial charge in [-0.3, -0.25) is 0 Å². The van der Waals surface area contributed by atoms with Crippen molar-refractivity contribution in [2.45, 2.75) is 37.0 Å². The number of piperazine rings is 1. The van der Waals surface area contributed by atoms with Crippen molar-refractivity contribution in [3.63, 3.8) is 0 Å². The summed E-state index contributed by atoms with van der Waals surface area (Å²) < 4.78 is 32.8. The number of nitrogens with zero attached hydrogens (tertiary/aromatic N) is 5. The van der Waals surface area contributed by atoms with Crippen molar-refractivity contribution in [1.82, 2.24) is 19.2 Å². The molecule has 0 N–H and O–H groups in total. The maximum atomic E-state index is 13.1. The fraction of sp³-hybridized carbons (Fsp3) is 0.481. The summed E-state index contributed by atoms with van der Waals surface area (Å²) >= 11 is 0.